The van der Waals surface area contributed by atoms with Crippen molar-refractivity contribution in [3.8, 4) is 22.3 Å². The van der Waals surface area contributed by atoms with E-state index >= 15 is 0 Å². The Hall–Kier alpha value is -3.38. The van der Waals surface area contributed by atoms with Gasteiger partial charge in [-0.25, -0.2) is 0 Å². The normalized spacial score (nSPS) is 12.8. The molecule has 1 aliphatic carbocycles. The molecule has 0 amide bonds. The highest BCUT2D eigenvalue weighted by Crippen LogP contribution is 2.44. The van der Waals surface area contributed by atoms with Crippen LogP contribution in [0.2, 0.25) is 0 Å². The van der Waals surface area contributed by atoms with Crippen molar-refractivity contribution in [1.82, 2.24) is 0 Å². The van der Waals surface area contributed by atoms with E-state index in [4.69, 9.17) is 0 Å². The van der Waals surface area contributed by atoms with Crippen LogP contribution in [0.3, 0.4) is 0 Å². The van der Waals surface area contributed by atoms with Crippen molar-refractivity contribution < 1.29 is 0 Å². The second kappa shape index (κ2) is 8.87. The number of allylic oxidation sites excluding steroid dienone is 1. The molecule has 0 saturated heterocycles. The van der Waals surface area contributed by atoms with Crippen molar-refractivity contribution in [2.24, 2.45) is 0 Å². The van der Waals surface area contributed by atoms with Crippen molar-refractivity contribution in [2.45, 2.75) is 39.5 Å². The molecular weight excluding hydrogens is 396 g/mol. The monoisotopic (exact) mass is 427 g/mol. The Kier molecular flexibility index (Phi) is 5.77. The third-order valence-electron chi connectivity index (χ3n) is 6.68. The fourth-order valence-electron chi connectivity index (χ4n) is 4.74. The van der Waals surface area contributed by atoms with Crippen LogP contribution in [0, 0.1) is 6.42 Å². The summed E-state index contributed by atoms with van der Waals surface area (Å²) in [7, 11) is 0. The van der Waals surface area contributed by atoms with Gasteiger partial charge in [0.2, 0.25) is 0 Å². The molecule has 0 bridgehead atoms. The molecule has 0 N–H and O–H groups in total. The maximum atomic E-state index is 2.41. The van der Waals surface area contributed by atoms with E-state index in [0.29, 0.717) is 11.8 Å². The summed E-state index contributed by atoms with van der Waals surface area (Å²) in [6.07, 6.45) is 4.71. The van der Waals surface area contributed by atoms with Crippen LogP contribution in [0.4, 0.5) is 0 Å². The van der Waals surface area contributed by atoms with E-state index < -0.39 is 0 Å². The van der Waals surface area contributed by atoms with Gasteiger partial charge in [-0.1, -0.05) is 119 Å². The number of rotatable bonds is 5. The lowest BCUT2D eigenvalue weighted by Gasteiger charge is -2.19. The number of benzene rings is 4. The maximum Gasteiger partial charge on any atom is 0.0211 e. The minimum Gasteiger partial charge on any atom is -0.0622 e. The van der Waals surface area contributed by atoms with Crippen LogP contribution in [0.5, 0.6) is 0 Å². The molecule has 0 saturated carbocycles. The first-order valence-corrected chi connectivity index (χ1v) is 12.0. The highest BCUT2D eigenvalue weighted by atomic mass is 14.3. The van der Waals surface area contributed by atoms with E-state index in [9.17, 15) is 0 Å². The topological polar surface area (TPSA) is 0 Å². The van der Waals surface area contributed by atoms with Gasteiger partial charge in [0.15, 0.2) is 0 Å². The average molecular weight is 428 g/mol. The Labute approximate surface area is 198 Å². The Morgan fingerprint density at radius 1 is 0.545 bits per heavy atom. The first-order chi connectivity index (χ1) is 16.0. The van der Waals surface area contributed by atoms with E-state index in [1.807, 2.05) is 0 Å². The second-order valence-electron chi connectivity index (χ2n) is 9.66. The smallest absolute Gasteiger partial charge is 0.0211 e. The fourth-order valence-corrected chi connectivity index (χ4v) is 4.74. The van der Waals surface area contributed by atoms with Crippen LogP contribution in [0.25, 0.3) is 33.9 Å². The summed E-state index contributed by atoms with van der Waals surface area (Å²) < 4.78 is 0. The van der Waals surface area contributed by atoms with Crippen molar-refractivity contribution in [3.05, 3.63) is 125 Å². The Morgan fingerprint density at radius 2 is 1.12 bits per heavy atom. The van der Waals surface area contributed by atoms with Crippen LogP contribution in [0.15, 0.2) is 91.0 Å². The quantitative estimate of drug-likeness (QED) is 0.297. The van der Waals surface area contributed by atoms with Gasteiger partial charge in [-0.15, -0.1) is 0 Å². The zero-order valence-electron chi connectivity index (χ0n) is 20.0. The zero-order chi connectivity index (χ0) is 22.9. The molecule has 0 spiro atoms. The summed E-state index contributed by atoms with van der Waals surface area (Å²) in [5, 5.41) is 0. The Balaban J connectivity index is 1.78. The van der Waals surface area contributed by atoms with Gasteiger partial charge in [0.1, 0.15) is 0 Å². The van der Waals surface area contributed by atoms with Gasteiger partial charge in [-0.05, 0) is 73.6 Å². The summed E-state index contributed by atoms with van der Waals surface area (Å²) in [6.45, 7) is 9.16. The lowest BCUT2D eigenvalue weighted by atomic mass is 9.85. The first kappa shape index (κ1) is 21.5. The molecule has 0 heteroatoms. The Morgan fingerprint density at radius 3 is 1.70 bits per heavy atom. The van der Waals surface area contributed by atoms with Crippen molar-refractivity contribution in [2.75, 3.05) is 0 Å². The van der Waals surface area contributed by atoms with Gasteiger partial charge in [0.25, 0.3) is 0 Å². The van der Waals surface area contributed by atoms with Gasteiger partial charge in [-0.2, -0.15) is 0 Å². The van der Waals surface area contributed by atoms with Gasteiger partial charge >= 0.3 is 0 Å². The third kappa shape index (κ3) is 4.18. The standard InChI is InChI=1S/C33H31/c1-22(2)27-18-28(23(3)4)20-30(19-27)33-31(25-13-9-6-10-14-25)16-15-26-17-29(21-32(26)33)24-11-7-5-8-12-24/h5-23H,1-4H3. The largest absolute Gasteiger partial charge is 0.0622 e. The molecule has 0 heterocycles. The van der Waals surface area contributed by atoms with E-state index in [-0.39, 0.29) is 0 Å². The molecule has 0 aromatic heterocycles. The predicted octanol–water partition coefficient (Wildman–Crippen LogP) is 9.37. The van der Waals surface area contributed by atoms with Gasteiger partial charge in [-0.3, -0.25) is 0 Å². The summed E-state index contributed by atoms with van der Waals surface area (Å²) in [4.78, 5) is 0. The summed E-state index contributed by atoms with van der Waals surface area (Å²) in [6, 6.07) is 33.3. The maximum absolute atomic E-state index is 2.41. The van der Waals surface area contributed by atoms with Gasteiger partial charge in [0, 0.05) is 6.42 Å². The van der Waals surface area contributed by atoms with Crippen molar-refractivity contribution >= 4 is 11.6 Å². The van der Waals surface area contributed by atoms with E-state index in [0.717, 1.165) is 0 Å². The molecular formula is C33H31. The molecule has 33 heavy (non-hydrogen) atoms. The molecule has 4 aromatic rings. The van der Waals surface area contributed by atoms with Crippen LogP contribution in [-0.2, 0) is 0 Å². The lowest BCUT2D eigenvalue weighted by Crippen LogP contribution is -1.98. The summed E-state index contributed by atoms with van der Waals surface area (Å²) in [5.74, 6) is 0.975. The van der Waals surface area contributed by atoms with Crippen molar-refractivity contribution in [3.63, 3.8) is 0 Å². The van der Waals surface area contributed by atoms with Crippen LogP contribution in [0.1, 0.15) is 67.3 Å². The molecule has 0 aliphatic heterocycles. The fraction of sp³-hybridized carbons (Fsp3) is 0.182. The summed E-state index contributed by atoms with van der Waals surface area (Å²) in [5.41, 5.74) is 13.2. The number of hydrogen-bond donors (Lipinski definition) is 0. The van der Waals surface area contributed by atoms with Crippen LogP contribution in [-0.4, -0.2) is 0 Å². The molecule has 0 atom stereocenters. The highest BCUT2D eigenvalue weighted by molar-refractivity contribution is 6.02. The molecule has 0 fully saturated rings. The third-order valence-corrected chi connectivity index (χ3v) is 6.68. The van der Waals surface area contributed by atoms with Crippen LogP contribution < -0.4 is 0 Å². The van der Waals surface area contributed by atoms with Gasteiger partial charge < -0.3 is 0 Å². The second-order valence-corrected chi connectivity index (χ2v) is 9.66. The van der Waals surface area contributed by atoms with E-state index in [1.165, 1.54) is 55.6 Å². The number of fused-ring (bicyclic) bond motifs is 1. The molecule has 1 radical (unpaired) electrons. The average Bonchev–Trinajstić information content (AvgIpc) is 3.28. The molecule has 4 aromatic carbocycles. The number of hydrogen-bond acceptors (Lipinski definition) is 0. The molecule has 1 aliphatic rings. The predicted molar refractivity (Wildman–Crippen MR) is 143 cm³/mol. The van der Waals surface area contributed by atoms with Gasteiger partial charge in [0.05, 0.1) is 0 Å². The first-order valence-electron chi connectivity index (χ1n) is 12.0. The highest BCUT2D eigenvalue weighted by Gasteiger charge is 2.22. The zero-order valence-corrected chi connectivity index (χ0v) is 20.0. The molecule has 0 nitrogen and oxygen atoms in total. The SMILES string of the molecule is CC(C)c1cc(-c2c(-c3ccccc3)ccc3c2C=C(c2ccccc2)[CH]3)cc(C(C)C)c1. The van der Waals surface area contributed by atoms with E-state index in [2.05, 4.69) is 131 Å². The lowest BCUT2D eigenvalue weighted by molar-refractivity contribution is 0.834. The minimum atomic E-state index is 0.487. The van der Waals surface area contributed by atoms with Crippen LogP contribution >= 0.6 is 0 Å². The summed E-state index contributed by atoms with van der Waals surface area (Å²) >= 11 is 0. The molecule has 5 rings (SSSR count). The van der Waals surface area contributed by atoms with E-state index in [1.54, 1.807) is 0 Å². The van der Waals surface area contributed by atoms with Crippen molar-refractivity contribution in [1.29, 1.82) is 0 Å². The minimum absolute atomic E-state index is 0.487. The molecule has 163 valence electrons. The Bertz CT molecular complexity index is 1280. The molecule has 0 unspecified atom stereocenters.